The number of methoxy groups -OCH3 is 1. The van der Waals surface area contributed by atoms with E-state index in [0.29, 0.717) is 17.9 Å². The standard InChI is InChI=1S/C13H18O3S/c1-11-4-6-13(7-5-11)17(14,15)10-12(2)8-9-16-3/h4-7,10H,8-9H2,1-3H3/b12-10+. The molecule has 3 nitrogen and oxygen atoms in total. The van der Waals surface area contributed by atoms with Crippen molar-refractivity contribution in [3.05, 3.63) is 40.8 Å². The van der Waals surface area contributed by atoms with Crippen LogP contribution in [0.3, 0.4) is 0 Å². The SMILES string of the molecule is COCC/C(C)=C/S(=O)(=O)c1ccc(C)cc1. The summed E-state index contributed by atoms with van der Waals surface area (Å²) in [5.74, 6) is 0. The fourth-order valence-electron chi connectivity index (χ4n) is 1.38. The lowest BCUT2D eigenvalue weighted by Crippen LogP contribution is -1.99. The molecule has 17 heavy (non-hydrogen) atoms. The highest BCUT2D eigenvalue weighted by atomic mass is 32.2. The van der Waals surface area contributed by atoms with Crippen LogP contribution in [0.25, 0.3) is 0 Å². The Morgan fingerprint density at radius 3 is 2.41 bits per heavy atom. The minimum atomic E-state index is -3.32. The van der Waals surface area contributed by atoms with E-state index >= 15 is 0 Å². The average molecular weight is 254 g/mol. The highest BCUT2D eigenvalue weighted by molar-refractivity contribution is 7.94. The molecule has 4 heteroatoms. The van der Waals surface area contributed by atoms with Crippen molar-refractivity contribution >= 4 is 9.84 Å². The Balaban J connectivity index is 2.92. The van der Waals surface area contributed by atoms with Gasteiger partial charge in [-0.25, -0.2) is 8.42 Å². The van der Waals surface area contributed by atoms with Gasteiger partial charge in [-0.2, -0.15) is 0 Å². The summed E-state index contributed by atoms with van der Waals surface area (Å²) in [6.45, 7) is 4.26. The zero-order chi connectivity index (χ0) is 12.9. The van der Waals surface area contributed by atoms with E-state index in [-0.39, 0.29) is 0 Å². The molecule has 1 aromatic carbocycles. The number of sulfone groups is 1. The van der Waals surface area contributed by atoms with Crippen molar-refractivity contribution in [2.75, 3.05) is 13.7 Å². The Morgan fingerprint density at radius 2 is 1.88 bits per heavy atom. The smallest absolute Gasteiger partial charge is 0.199 e. The van der Waals surface area contributed by atoms with Crippen molar-refractivity contribution in [2.45, 2.75) is 25.2 Å². The fraction of sp³-hybridized carbons (Fsp3) is 0.385. The summed E-state index contributed by atoms with van der Waals surface area (Å²) in [5, 5.41) is 1.32. The van der Waals surface area contributed by atoms with Crippen molar-refractivity contribution in [3.63, 3.8) is 0 Å². The predicted molar refractivity (Wildman–Crippen MR) is 68.6 cm³/mol. The van der Waals surface area contributed by atoms with Gasteiger partial charge in [-0.1, -0.05) is 23.3 Å². The van der Waals surface area contributed by atoms with E-state index in [1.165, 1.54) is 5.41 Å². The maximum absolute atomic E-state index is 12.0. The van der Waals surface area contributed by atoms with E-state index in [0.717, 1.165) is 11.1 Å². The second-order valence-corrected chi connectivity index (χ2v) is 5.86. The third-order valence-electron chi connectivity index (χ3n) is 2.41. The molecule has 0 radical (unpaired) electrons. The number of aryl methyl sites for hydroxylation is 1. The van der Waals surface area contributed by atoms with Gasteiger partial charge in [0.1, 0.15) is 0 Å². The van der Waals surface area contributed by atoms with Gasteiger partial charge in [0.25, 0.3) is 0 Å². The topological polar surface area (TPSA) is 43.4 Å². The van der Waals surface area contributed by atoms with Gasteiger partial charge in [-0.15, -0.1) is 0 Å². The minimum Gasteiger partial charge on any atom is -0.384 e. The summed E-state index contributed by atoms with van der Waals surface area (Å²) in [5.41, 5.74) is 1.84. The number of hydrogen-bond donors (Lipinski definition) is 0. The Bertz CT molecular complexity index is 484. The van der Waals surface area contributed by atoms with Crippen molar-refractivity contribution < 1.29 is 13.2 Å². The molecule has 0 aliphatic carbocycles. The molecule has 0 amide bonds. The molecule has 0 aliphatic rings. The first kappa shape index (κ1) is 13.9. The number of ether oxygens (including phenoxy) is 1. The van der Waals surface area contributed by atoms with E-state index < -0.39 is 9.84 Å². The molecule has 0 fully saturated rings. The van der Waals surface area contributed by atoms with Gasteiger partial charge in [0.05, 0.1) is 4.90 Å². The molecule has 0 aliphatic heterocycles. The summed E-state index contributed by atoms with van der Waals surface area (Å²) >= 11 is 0. The van der Waals surface area contributed by atoms with Gasteiger partial charge in [-0.3, -0.25) is 0 Å². The number of benzene rings is 1. The van der Waals surface area contributed by atoms with Crippen LogP contribution in [0.15, 0.2) is 40.1 Å². The van der Waals surface area contributed by atoms with Crippen molar-refractivity contribution in [3.8, 4) is 0 Å². The summed E-state index contributed by atoms with van der Waals surface area (Å²) in [7, 11) is -1.73. The lowest BCUT2D eigenvalue weighted by atomic mass is 10.2. The summed E-state index contributed by atoms with van der Waals surface area (Å²) < 4.78 is 28.9. The van der Waals surface area contributed by atoms with Gasteiger partial charge in [-0.05, 0) is 32.4 Å². The summed E-state index contributed by atoms with van der Waals surface area (Å²) in [6.07, 6.45) is 0.627. The van der Waals surface area contributed by atoms with Crippen molar-refractivity contribution in [2.24, 2.45) is 0 Å². The van der Waals surface area contributed by atoms with E-state index in [9.17, 15) is 8.42 Å². The van der Waals surface area contributed by atoms with Crippen molar-refractivity contribution in [1.82, 2.24) is 0 Å². The van der Waals surface area contributed by atoms with Gasteiger partial charge >= 0.3 is 0 Å². The molecule has 94 valence electrons. The zero-order valence-corrected chi connectivity index (χ0v) is 11.3. The third-order valence-corrected chi connectivity index (χ3v) is 4.05. The Morgan fingerprint density at radius 1 is 1.29 bits per heavy atom. The molecule has 0 saturated carbocycles. The molecule has 0 aromatic heterocycles. The van der Waals surface area contributed by atoms with Crippen molar-refractivity contribution in [1.29, 1.82) is 0 Å². The summed E-state index contributed by atoms with van der Waals surface area (Å²) in [4.78, 5) is 0.333. The number of rotatable bonds is 5. The summed E-state index contributed by atoms with van der Waals surface area (Å²) in [6, 6.07) is 6.85. The Kier molecular flexibility index (Phi) is 4.90. The first-order valence-electron chi connectivity index (χ1n) is 5.43. The highest BCUT2D eigenvalue weighted by Crippen LogP contribution is 2.15. The molecular weight excluding hydrogens is 236 g/mol. The molecule has 1 rings (SSSR count). The molecular formula is C13H18O3S. The largest absolute Gasteiger partial charge is 0.384 e. The second-order valence-electron chi connectivity index (χ2n) is 4.07. The maximum Gasteiger partial charge on any atom is 0.199 e. The van der Waals surface area contributed by atoms with E-state index in [1.54, 1.807) is 38.3 Å². The van der Waals surface area contributed by atoms with Crippen LogP contribution in [0.1, 0.15) is 18.9 Å². The molecule has 0 bridgehead atoms. The Labute approximate surface area is 103 Å². The van der Waals surface area contributed by atoms with Crippen LogP contribution in [0.4, 0.5) is 0 Å². The van der Waals surface area contributed by atoms with E-state index in [2.05, 4.69) is 0 Å². The van der Waals surface area contributed by atoms with Crippen LogP contribution in [0.2, 0.25) is 0 Å². The van der Waals surface area contributed by atoms with Crippen LogP contribution in [-0.2, 0) is 14.6 Å². The number of hydrogen-bond acceptors (Lipinski definition) is 3. The average Bonchev–Trinajstić information content (AvgIpc) is 2.26. The van der Waals surface area contributed by atoms with Crippen LogP contribution in [0.5, 0.6) is 0 Å². The monoisotopic (exact) mass is 254 g/mol. The van der Waals surface area contributed by atoms with Gasteiger partial charge in [0, 0.05) is 19.1 Å². The van der Waals surface area contributed by atoms with Gasteiger partial charge in [0.15, 0.2) is 9.84 Å². The fourth-order valence-corrected chi connectivity index (χ4v) is 2.68. The maximum atomic E-state index is 12.0. The lowest BCUT2D eigenvalue weighted by molar-refractivity contribution is 0.202. The zero-order valence-electron chi connectivity index (χ0n) is 10.4. The lowest BCUT2D eigenvalue weighted by Gasteiger charge is -2.03. The van der Waals surface area contributed by atoms with Crippen LogP contribution in [0, 0.1) is 6.92 Å². The molecule has 0 atom stereocenters. The molecule has 0 heterocycles. The second kappa shape index (κ2) is 5.98. The molecule has 0 saturated heterocycles. The van der Waals surface area contributed by atoms with E-state index in [4.69, 9.17) is 4.74 Å². The molecule has 0 spiro atoms. The van der Waals surface area contributed by atoms with Crippen LogP contribution in [-0.4, -0.2) is 22.1 Å². The Hall–Kier alpha value is -1.13. The quantitative estimate of drug-likeness (QED) is 0.811. The van der Waals surface area contributed by atoms with E-state index in [1.807, 2.05) is 6.92 Å². The first-order valence-corrected chi connectivity index (χ1v) is 6.98. The van der Waals surface area contributed by atoms with Crippen LogP contribution >= 0.6 is 0 Å². The van der Waals surface area contributed by atoms with Gasteiger partial charge in [0.2, 0.25) is 0 Å². The normalized spacial score (nSPS) is 12.8. The molecule has 1 aromatic rings. The molecule has 0 N–H and O–H groups in total. The minimum absolute atomic E-state index is 0.333. The van der Waals surface area contributed by atoms with Crippen LogP contribution < -0.4 is 0 Å². The first-order chi connectivity index (χ1) is 7.95. The highest BCUT2D eigenvalue weighted by Gasteiger charge is 2.10. The predicted octanol–water partition coefficient (Wildman–Crippen LogP) is 2.71. The van der Waals surface area contributed by atoms with Gasteiger partial charge < -0.3 is 4.74 Å². The third kappa shape index (κ3) is 4.32. The molecule has 0 unspecified atom stereocenters.